The maximum Gasteiger partial charge on any atom is 0.267 e. The number of hydrogen-bond acceptors (Lipinski definition) is 7. The molecule has 0 saturated carbocycles. The Hall–Kier alpha value is -2.68. The molecule has 3 aromatic heterocycles. The van der Waals surface area contributed by atoms with E-state index in [1.807, 2.05) is 48.8 Å². The van der Waals surface area contributed by atoms with Crippen molar-refractivity contribution in [1.82, 2.24) is 19.4 Å². The molecule has 0 unspecified atom stereocenters. The van der Waals surface area contributed by atoms with Crippen LogP contribution in [0.4, 0.5) is 0 Å². The number of methoxy groups -OCH3 is 1. The fourth-order valence-electron chi connectivity index (χ4n) is 4.23. The summed E-state index contributed by atoms with van der Waals surface area (Å²) >= 11 is 3.29. The molecule has 0 amide bonds. The fraction of sp³-hybridized carbons (Fsp3) is 0.320. The fourth-order valence-corrected chi connectivity index (χ4v) is 6.53. The molecule has 0 radical (unpaired) electrons. The van der Waals surface area contributed by atoms with Gasteiger partial charge in [-0.2, -0.15) is 0 Å². The second-order valence-corrected chi connectivity index (χ2v) is 10.1. The van der Waals surface area contributed by atoms with E-state index in [1.54, 1.807) is 34.8 Å². The van der Waals surface area contributed by atoms with Gasteiger partial charge in [0.25, 0.3) is 5.56 Å². The van der Waals surface area contributed by atoms with Gasteiger partial charge in [-0.1, -0.05) is 24.8 Å². The van der Waals surface area contributed by atoms with Crippen molar-refractivity contribution in [2.45, 2.75) is 31.5 Å². The van der Waals surface area contributed by atoms with Gasteiger partial charge in [0.05, 0.1) is 18.2 Å². The quantitative estimate of drug-likeness (QED) is 0.287. The highest BCUT2D eigenvalue weighted by Crippen LogP contribution is 2.34. The van der Waals surface area contributed by atoms with Crippen molar-refractivity contribution in [1.29, 1.82) is 0 Å². The van der Waals surface area contributed by atoms with E-state index >= 15 is 0 Å². The van der Waals surface area contributed by atoms with E-state index in [9.17, 15) is 4.79 Å². The van der Waals surface area contributed by atoms with Crippen LogP contribution in [0.2, 0.25) is 0 Å². The van der Waals surface area contributed by atoms with E-state index in [0.717, 1.165) is 65.0 Å². The zero-order valence-corrected chi connectivity index (χ0v) is 20.4. The Kier molecular flexibility index (Phi) is 6.48. The van der Waals surface area contributed by atoms with E-state index in [1.165, 1.54) is 16.0 Å². The number of hydrogen-bond donors (Lipinski definition) is 0. The number of pyridine rings is 1. The smallest absolute Gasteiger partial charge is 0.267 e. The van der Waals surface area contributed by atoms with Gasteiger partial charge in [-0.15, -0.1) is 11.3 Å². The van der Waals surface area contributed by atoms with E-state index < -0.39 is 0 Å². The SMILES string of the molecule is CCN1CCc2c(sc3nc(SCCc4ccncc4)n(-c4cccc(OC)c4)c(=O)c23)C1. The average Bonchev–Trinajstić information content (AvgIpc) is 3.22. The summed E-state index contributed by atoms with van der Waals surface area (Å²) in [5.74, 6) is 1.54. The third-order valence-corrected chi connectivity index (χ3v) is 8.10. The Morgan fingerprint density at radius 2 is 2.06 bits per heavy atom. The number of rotatable bonds is 7. The van der Waals surface area contributed by atoms with E-state index in [-0.39, 0.29) is 5.56 Å². The molecule has 0 saturated heterocycles. The largest absolute Gasteiger partial charge is 0.497 e. The Bertz CT molecular complexity index is 1330. The minimum Gasteiger partial charge on any atom is -0.497 e. The molecule has 5 rings (SSSR count). The van der Waals surface area contributed by atoms with Crippen LogP contribution < -0.4 is 10.3 Å². The van der Waals surface area contributed by atoms with Crippen molar-refractivity contribution < 1.29 is 4.74 Å². The number of thioether (sulfide) groups is 1. The van der Waals surface area contributed by atoms with Gasteiger partial charge in [0.15, 0.2) is 5.16 Å². The summed E-state index contributed by atoms with van der Waals surface area (Å²) in [4.78, 5) is 27.6. The number of nitrogens with zero attached hydrogens (tertiary/aromatic N) is 4. The predicted molar refractivity (Wildman–Crippen MR) is 135 cm³/mol. The van der Waals surface area contributed by atoms with Gasteiger partial charge in [-0.3, -0.25) is 19.2 Å². The first-order chi connectivity index (χ1) is 16.2. The van der Waals surface area contributed by atoms with Gasteiger partial charge >= 0.3 is 0 Å². The number of likely N-dealkylation sites (N-methyl/N-ethyl adjacent to an activating group) is 1. The number of fused-ring (bicyclic) bond motifs is 3. The van der Waals surface area contributed by atoms with Gasteiger partial charge in [-0.05, 0) is 54.8 Å². The van der Waals surface area contributed by atoms with Crippen molar-refractivity contribution in [2.24, 2.45) is 0 Å². The molecular formula is C25H26N4O2S2. The minimum absolute atomic E-state index is 0.0158. The summed E-state index contributed by atoms with van der Waals surface area (Å²) in [5.41, 5.74) is 3.20. The molecule has 170 valence electrons. The Balaban J connectivity index is 1.59. The molecule has 1 aromatic carbocycles. The highest BCUT2D eigenvalue weighted by Gasteiger charge is 2.25. The molecule has 0 aliphatic carbocycles. The third kappa shape index (κ3) is 4.43. The monoisotopic (exact) mass is 478 g/mol. The molecule has 0 bridgehead atoms. The summed E-state index contributed by atoms with van der Waals surface area (Å²) in [5, 5.41) is 1.51. The first kappa shape index (κ1) is 22.1. The van der Waals surface area contributed by atoms with Gasteiger partial charge in [0, 0.05) is 42.2 Å². The van der Waals surface area contributed by atoms with Crippen LogP contribution in [0.25, 0.3) is 15.9 Å². The molecule has 0 spiro atoms. The third-order valence-electron chi connectivity index (χ3n) is 6.05. The van der Waals surface area contributed by atoms with Crippen molar-refractivity contribution in [2.75, 3.05) is 26.0 Å². The zero-order valence-electron chi connectivity index (χ0n) is 18.8. The zero-order chi connectivity index (χ0) is 22.8. The Morgan fingerprint density at radius 1 is 1.21 bits per heavy atom. The van der Waals surface area contributed by atoms with Gasteiger partial charge in [-0.25, -0.2) is 4.98 Å². The normalized spacial score (nSPS) is 13.9. The summed E-state index contributed by atoms with van der Waals surface area (Å²) in [7, 11) is 1.64. The number of thiophene rings is 1. The van der Waals surface area contributed by atoms with Crippen LogP contribution in [0, 0.1) is 0 Å². The second kappa shape index (κ2) is 9.67. The van der Waals surface area contributed by atoms with Crippen LogP contribution in [0.1, 0.15) is 22.9 Å². The summed E-state index contributed by atoms with van der Waals surface area (Å²) in [6.07, 6.45) is 5.40. The lowest BCUT2D eigenvalue weighted by Gasteiger charge is -2.25. The van der Waals surface area contributed by atoms with Crippen LogP contribution in [-0.4, -0.2) is 45.4 Å². The van der Waals surface area contributed by atoms with Crippen LogP contribution in [0.15, 0.2) is 58.7 Å². The maximum absolute atomic E-state index is 13.9. The molecule has 1 aliphatic rings. The molecular weight excluding hydrogens is 452 g/mol. The van der Waals surface area contributed by atoms with Crippen molar-refractivity contribution in [3.8, 4) is 11.4 Å². The van der Waals surface area contributed by atoms with E-state index in [4.69, 9.17) is 9.72 Å². The molecule has 0 fully saturated rings. The number of aryl methyl sites for hydroxylation is 1. The van der Waals surface area contributed by atoms with Gasteiger partial charge in [0.1, 0.15) is 10.6 Å². The molecule has 1 aliphatic heterocycles. The second-order valence-electron chi connectivity index (χ2n) is 7.99. The molecule has 0 atom stereocenters. The van der Waals surface area contributed by atoms with Gasteiger partial charge in [0.2, 0.25) is 0 Å². The molecule has 4 aromatic rings. The minimum atomic E-state index is 0.0158. The van der Waals surface area contributed by atoms with Crippen LogP contribution >= 0.6 is 23.1 Å². The lowest BCUT2D eigenvalue weighted by atomic mass is 10.1. The summed E-state index contributed by atoms with van der Waals surface area (Å²) in [6.45, 7) is 5.08. The lowest BCUT2D eigenvalue weighted by molar-refractivity contribution is 0.272. The van der Waals surface area contributed by atoms with Crippen LogP contribution in [0.3, 0.4) is 0 Å². The van der Waals surface area contributed by atoms with Crippen LogP contribution in [-0.2, 0) is 19.4 Å². The van der Waals surface area contributed by atoms with Gasteiger partial charge < -0.3 is 4.74 Å². The van der Waals surface area contributed by atoms with E-state index in [2.05, 4.69) is 16.8 Å². The maximum atomic E-state index is 13.9. The van der Waals surface area contributed by atoms with Crippen LogP contribution in [0.5, 0.6) is 5.75 Å². The first-order valence-electron chi connectivity index (χ1n) is 11.1. The molecule has 0 N–H and O–H groups in total. The Labute approximate surface area is 201 Å². The molecule has 4 heterocycles. The molecule has 33 heavy (non-hydrogen) atoms. The average molecular weight is 479 g/mol. The van der Waals surface area contributed by atoms with Crippen molar-refractivity contribution in [3.63, 3.8) is 0 Å². The number of ether oxygens (including phenoxy) is 1. The lowest BCUT2D eigenvalue weighted by Crippen LogP contribution is -2.30. The highest BCUT2D eigenvalue weighted by molar-refractivity contribution is 7.99. The Morgan fingerprint density at radius 3 is 2.85 bits per heavy atom. The topological polar surface area (TPSA) is 60.3 Å². The number of aromatic nitrogens is 3. The standard InChI is InChI=1S/C25H26N4O2S2/c1-3-28-13-9-20-21(16-28)33-23-22(20)24(30)29(18-5-4-6-19(15-18)31-2)25(27-23)32-14-10-17-7-11-26-12-8-17/h4-8,11-12,15H,3,9-10,13-14,16H2,1-2H3. The molecule has 8 heteroatoms. The van der Waals surface area contributed by atoms with Crippen molar-refractivity contribution >= 4 is 33.3 Å². The van der Waals surface area contributed by atoms with Crippen molar-refractivity contribution in [3.05, 3.63) is 75.1 Å². The number of benzene rings is 1. The van der Waals surface area contributed by atoms with E-state index in [0.29, 0.717) is 0 Å². The first-order valence-corrected chi connectivity index (χ1v) is 12.9. The summed E-state index contributed by atoms with van der Waals surface area (Å²) in [6, 6.07) is 11.7. The highest BCUT2D eigenvalue weighted by atomic mass is 32.2. The molecule has 6 nitrogen and oxygen atoms in total. The predicted octanol–water partition coefficient (Wildman–Crippen LogP) is 4.56. The summed E-state index contributed by atoms with van der Waals surface area (Å²) < 4.78 is 7.20.